The highest BCUT2D eigenvalue weighted by Crippen LogP contribution is 2.17. The molecule has 132 valence electrons. The summed E-state index contributed by atoms with van der Waals surface area (Å²) in [6.45, 7) is 3.24. The summed E-state index contributed by atoms with van der Waals surface area (Å²) in [7, 11) is 0. The van der Waals surface area contributed by atoms with Crippen molar-refractivity contribution in [3.8, 4) is 5.75 Å². The molecule has 25 heavy (non-hydrogen) atoms. The molecular formula is C19H20ClNO4. The molecule has 0 radical (unpaired) electrons. The van der Waals surface area contributed by atoms with Crippen LogP contribution in [-0.2, 0) is 20.7 Å². The summed E-state index contributed by atoms with van der Waals surface area (Å²) in [6, 6.07) is 14.1. The summed E-state index contributed by atoms with van der Waals surface area (Å²) < 4.78 is 10.4. The summed E-state index contributed by atoms with van der Waals surface area (Å²) in [5.41, 5.74) is 1.83. The van der Waals surface area contributed by atoms with Crippen molar-refractivity contribution in [1.29, 1.82) is 0 Å². The number of anilines is 1. The number of halogens is 1. The van der Waals surface area contributed by atoms with Crippen molar-refractivity contribution in [3.05, 3.63) is 59.1 Å². The molecule has 2 rings (SSSR count). The molecular weight excluding hydrogens is 342 g/mol. The maximum Gasteiger partial charge on any atom is 0.347 e. The average Bonchev–Trinajstić information content (AvgIpc) is 2.62. The topological polar surface area (TPSA) is 64.6 Å². The van der Waals surface area contributed by atoms with E-state index in [1.807, 2.05) is 24.3 Å². The molecule has 1 amide bonds. The van der Waals surface area contributed by atoms with E-state index in [0.29, 0.717) is 16.5 Å². The van der Waals surface area contributed by atoms with E-state index in [4.69, 9.17) is 21.1 Å². The van der Waals surface area contributed by atoms with E-state index in [1.54, 1.807) is 31.2 Å². The van der Waals surface area contributed by atoms with Crippen LogP contribution in [0.2, 0.25) is 5.02 Å². The van der Waals surface area contributed by atoms with Gasteiger partial charge in [-0.1, -0.05) is 30.7 Å². The zero-order valence-corrected chi connectivity index (χ0v) is 14.9. The van der Waals surface area contributed by atoms with Gasteiger partial charge in [-0.05, 0) is 55.3 Å². The maximum atomic E-state index is 11.9. The third-order valence-corrected chi connectivity index (χ3v) is 3.70. The first kappa shape index (κ1) is 18.8. The van der Waals surface area contributed by atoms with Gasteiger partial charge in [-0.3, -0.25) is 4.79 Å². The van der Waals surface area contributed by atoms with Crippen LogP contribution in [0.1, 0.15) is 19.4 Å². The Morgan fingerprint density at radius 1 is 1.08 bits per heavy atom. The van der Waals surface area contributed by atoms with Crippen LogP contribution in [0, 0.1) is 0 Å². The first-order valence-electron chi connectivity index (χ1n) is 7.95. The largest absolute Gasteiger partial charge is 0.479 e. The monoisotopic (exact) mass is 361 g/mol. The minimum atomic E-state index is -0.835. The van der Waals surface area contributed by atoms with Gasteiger partial charge >= 0.3 is 5.97 Å². The Balaban J connectivity index is 1.77. The van der Waals surface area contributed by atoms with Gasteiger partial charge < -0.3 is 14.8 Å². The lowest BCUT2D eigenvalue weighted by Gasteiger charge is -2.14. The lowest BCUT2D eigenvalue weighted by Crippen LogP contribution is -2.29. The van der Waals surface area contributed by atoms with Crippen molar-refractivity contribution in [2.24, 2.45) is 0 Å². The normalized spacial score (nSPS) is 11.5. The second-order valence-corrected chi connectivity index (χ2v) is 5.86. The smallest absolute Gasteiger partial charge is 0.347 e. The highest BCUT2D eigenvalue weighted by molar-refractivity contribution is 6.30. The number of hydrogen-bond acceptors (Lipinski definition) is 4. The molecule has 0 aliphatic heterocycles. The molecule has 1 atom stereocenters. The fourth-order valence-corrected chi connectivity index (χ4v) is 2.17. The number of aryl methyl sites for hydroxylation is 1. The van der Waals surface area contributed by atoms with E-state index in [-0.39, 0.29) is 6.61 Å². The summed E-state index contributed by atoms with van der Waals surface area (Å²) in [5, 5.41) is 3.25. The number of ether oxygens (including phenoxy) is 2. The minimum Gasteiger partial charge on any atom is -0.479 e. The van der Waals surface area contributed by atoms with Crippen molar-refractivity contribution in [2.45, 2.75) is 26.4 Å². The summed E-state index contributed by atoms with van der Waals surface area (Å²) in [5.74, 6) is -0.531. The predicted octanol–water partition coefficient (Wildman–Crippen LogP) is 3.85. The lowest BCUT2D eigenvalue weighted by atomic mass is 10.1. The maximum absolute atomic E-state index is 11.9. The zero-order chi connectivity index (χ0) is 18.2. The predicted molar refractivity (Wildman–Crippen MR) is 97.0 cm³/mol. The van der Waals surface area contributed by atoms with E-state index in [0.717, 1.165) is 6.42 Å². The van der Waals surface area contributed by atoms with Gasteiger partial charge in [0.1, 0.15) is 5.75 Å². The van der Waals surface area contributed by atoms with Crippen molar-refractivity contribution >= 4 is 29.2 Å². The van der Waals surface area contributed by atoms with Crippen molar-refractivity contribution in [1.82, 2.24) is 0 Å². The van der Waals surface area contributed by atoms with Crippen molar-refractivity contribution < 1.29 is 19.1 Å². The Morgan fingerprint density at radius 3 is 2.32 bits per heavy atom. The first-order valence-corrected chi connectivity index (χ1v) is 8.33. The van der Waals surface area contributed by atoms with E-state index < -0.39 is 18.0 Å². The van der Waals surface area contributed by atoms with Gasteiger partial charge in [-0.25, -0.2) is 4.79 Å². The van der Waals surface area contributed by atoms with Gasteiger partial charge in [-0.15, -0.1) is 0 Å². The van der Waals surface area contributed by atoms with E-state index in [9.17, 15) is 9.59 Å². The number of carbonyl (C=O) groups excluding carboxylic acids is 2. The molecule has 2 aromatic carbocycles. The fourth-order valence-electron chi connectivity index (χ4n) is 2.04. The van der Waals surface area contributed by atoms with E-state index in [1.165, 1.54) is 5.56 Å². The molecule has 0 saturated heterocycles. The van der Waals surface area contributed by atoms with Gasteiger partial charge in [0.25, 0.3) is 5.91 Å². The Morgan fingerprint density at radius 2 is 1.72 bits per heavy atom. The Hall–Kier alpha value is -2.53. The molecule has 0 aliphatic carbocycles. The van der Waals surface area contributed by atoms with Crippen LogP contribution in [-0.4, -0.2) is 24.6 Å². The quantitative estimate of drug-likeness (QED) is 0.761. The number of benzene rings is 2. The number of hydrogen-bond donors (Lipinski definition) is 1. The molecule has 0 aromatic heterocycles. The van der Waals surface area contributed by atoms with Crippen LogP contribution in [0.5, 0.6) is 5.75 Å². The van der Waals surface area contributed by atoms with Gasteiger partial charge in [-0.2, -0.15) is 0 Å². The number of nitrogens with one attached hydrogen (secondary N) is 1. The van der Waals surface area contributed by atoms with Gasteiger partial charge in [0.15, 0.2) is 12.7 Å². The van der Waals surface area contributed by atoms with Gasteiger partial charge in [0.05, 0.1) is 0 Å². The van der Waals surface area contributed by atoms with Crippen LogP contribution in [0.3, 0.4) is 0 Å². The van der Waals surface area contributed by atoms with Crippen LogP contribution >= 0.6 is 11.6 Å². The van der Waals surface area contributed by atoms with Crippen molar-refractivity contribution in [2.75, 3.05) is 11.9 Å². The molecule has 0 heterocycles. The van der Waals surface area contributed by atoms with Crippen LogP contribution in [0.15, 0.2) is 48.5 Å². The first-order chi connectivity index (χ1) is 12.0. The Labute approximate surface area is 151 Å². The highest BCUT2D eigenvalue weighted by atomic mass is 35.5. The van der Waals surface area contributed by atoms with Crippen LogP contribution in [0.25, 0.3) is 0 Å². The summed E-state index contributed by atoms with van der Waals surface area (Å²) >= 11 is 5.79. The molecule has 1 N–H and O–H groups in total. The summed E-state index contributed by atoms with van der Waals surface area (Å²) in [4.78, 5) is 23.7. The molecule has 0 saturated carbocycles. The van der Waals surface area contributed by atoms with Crippen LogP contribution in [0.4, 0.5) is 5.69 Å². The summed E-state index contributed by atoms with van der Waals surface area (Å²) in [6.07, 6.45) is 0.0926. The molecule has 2 aromatic rings. The molecule has 0 bridgehead atoms. The second-order valence-electron chi connectivity index (χ2n) is 5.42. The van der Waals surface area contributed by atoms with Gasteiger partial charge in [0, 0.05) is 10.7 Å². The average molecular weight is 362 g/mol. The van der Waals surface area contributed by atoms with Gasteiger partial charge in [0.2, 0.25) is 0 Å². The number of rotatable bonds is 7. The fraction of sp³-hybridized carbons (Fsp3) is 0.263. The van der Waals surface area contributed by atoms with E-state index >= 15 is 0 Å². The van der Waals surface area contributed by atoms with Crippen LogP contribution < -0.4 is 10.1 Å². The highest BCUT2D eigenvalue weighted by Gasteiger charge is 2.17. The molecule has 0 spiro atoms. The zero-order valence-electron chi connectivity index (χ0n) is 14.1. The molecule has 0 fully saturated rings. The second kappa shape index (κ2) is 9.08. The number of esters is 1. The molecule has 1 unspecified atom stereocenters. The SMILES string of the molecule is CCc1ccc(NC(=O)COC(=O)C(C)Oc2ccc(Cl)cc2)cc1. The molecule has 5 nitrogen and oxygen atoms in total. The lowest BCUT2D eigenvalue weighted by molar-refractivity contribution is -0.153. The third kappa shape index (κ3) is 6.12. The standard InChI is InChI=1S/C19H20ClNO4/c1-3-14-4-8-16(9-5-14)21-18(22)12-24-19(23)13(2)25-17-10-6-15(20)7-11-17/h4-11,13H,3,12H2,1-2H3,(H,21,22). The molecule has 6 heteroatoms. The van der Waals surface area contributed by atoms with Crippen molar-refractivity contribution in [3.63, 3.8) is 0 Å². The number of carbonyl (C=O) groups is 2. The minimum absolute atomic E-state index is 0.372. The van der Waals surface area contributed by atoms with E-state index in [2.05, 4.69) is 12.2 Å². The Bertz CT molecular complexity index is 713. The number of amides is 1. The third-order valence-electron chi connectivity index (χ3n) is 3.45. The Kier molecular flexibility index (Phi) is 6.83. The molecule has 0 aliphatic rings.